The lowest BCUT2D eigenvalue weighted by atomic mass is 10.1. The first-order valence-electron chi connectivity index (χ1n) is 4.34. The van der Waals surface area contributed by atoms with Crippen LogP contribution in [0.25, 0.3) is 0 Å². The minimum Gasteiger partial charge on any atom is -0.431 e. The van der Waals surface area contributed by atoms with Crippen molar-refractivity contribution in [3.8, 4) is 5.75 Å². The molecule has 0 N–H and O–H groups in total. The van der Waals surface area contributed by atoms with Crippen LogP contribution >= 0.6 is 11.6 Å². The van der Waals surface area contributed by atoms with Crippen molar-refractivity contribution in [2.75, 3.05) is 5.88 Å². The zero-order valence-electron chi connectivity index (χ0n) is 8.05. The van der Waals surface area contributed by atoms with E-state index in [4.69, 9.17) is 11.6 Å². The van der Waals surface area contributed by atoms with Gasteiger partial charge >= 0.3 is 6.61 Å². The van der Waals surface area contributed by atoms with Crippen LogP contribution in [0.1, 0.15) is 5.56 Å². The van der Waals surface area contributed by atoms with Gasteiger partial charge in [0.05, 0.1) is 5.88 Å². The summed E-state index contributed by atoms with van der Waals surface area (Å²) < 4.78 is 41.2. The third kappa shape index (κ3) is 3.41. The summed E-state index contributed by atoms with van der Waals surface area (Å²) in [5, 5.41) is 0. The maximum absolute atomic E-state index is 13.2. The normalized spacial score (nSPS) is 10.6. The monoisotopic (exact) mass is 252 g/mol. The van der Waals surface area contributed by atoms with E-state index in [2.05, 4.69) is 4.74 Å². The molecule has 0 saturated carbocycles. The van der Waals surface area contributed by atoms with Crippen molar-refractivity contribution < 1.29 is 22.7 Å². The molecule has 0 unspecified atom stereocenters. The summed E-state index contributed by atoms with van der Waals surface area (Å²) >= 11 is 5.27. The fourth-order valence-electron chi connectivity index (χ4n) is 1.17. The van der Waals surface area contributed by atoms with Crippen molar-refractivity contribution in [3.63, 3.8) is 0 Å². The predicted octanol–water partition coefficient (Wildman–Crippen LogP) is 2.78. The topological polar surface area (TPSA) is 26.3 Å². The molecule has 6 heteroatoms. The lowest BCUT2D eigenvalue weighted by molar-refractivity contribution is -0.116. The average molecular weight is 253 g/mol. The highest BCUT2D eigenvalue weighted by Crippen LogP contribution is 2.25. The van der Waals surface area contributed by atoms with Crippen LogP contribution < -0.4 is 4.74 Å². The van der Waals surface area contributed by atoms with Gasteiger partial charge in [0, 0.05) is 12.0 Å². The average Bonchev–Trinajstić information content (AvgIpc) is 2.22. The molecule has 1 rings (SSSR count). The van der Waals surface area contributed by atoms with Crippen molar-refractivity contribution in [2.24, 2.45) is 0 Å². The van der Waals surface area contributed by atoms with Gasteiger partial charge in [-0.2, -0.15) is 8.78 Å². The van der Waals surface area contributed by atoms with Gasteiger partial charge in [-0.05, 0) is 6.07 Å². The van der Waals surface area contributed by atoms with E-state index in [-0.39, 0.29) is 17.9 Å². The molecule has 1 aromatic rings. The van der Waals surface area contributed by atoms with Crippen LogP contribution in [0.5, 0.6) is 5.75 Å². The molecule has 1 aromatic carbocycles. The first-order valence-corrected chi connectivity index (χ1v) is 4.88. The van der Waals surface area contributed by atoms with Gasteiger partial charge in [-0.15, -0.1) is 11.6 Å². The summed E-state index contributed by atoms with van der Waals surface area (Å²) in [6.45, 7) is -3.14. The molecule has 0 amide bonds. The molecule has 0 atom stereocenters. The van der Waals surface area contributed by atoms with Crippen LogP contribution in [0.3, 0.4) is 0 Å². The number of ether oxygens (including phenoxy) is 1. The molecule has 88 valence electrons. The first-order chi connectivity index (χ1) is 7.54. The Morgan fingerprint density at radius 3 is 2.69 bits per heavy atom. The number of rotatable bonds is 5. The van der Waals surface area contributed by atoms with E-state index in [0.29, 0.717) is 0 Å². The minimum atomic E-state index is -3.14. The van der Waals surface area contributed by atoms with E-state index in [1.54, 1.807) is 0 Å². The lowest BCUT2D eigenvalue weighted by Gasteiger charge is -2.10. The lowest BCUT2D eigenvalue weighted by Crippen LogP contribution is -2.10. The Balaban J connectivity index is 2.98. The summed E-state index contributed by atoms with van der Waals surface area (Å²) in [7, 11) is 0. The van der Waals surface area contributed by atoms with Crippen LogP contribution in [0.15, 0.2) is 18.2 Å². The first kappa shape index (κ1) is 12.8. The third-order valence-electron chi connectivity index (χ3n) is 1.79. The van der Waals surface area contributed by atoms with Gasteiger partial charge in [-0.25, -0.2) is 4.39 Å². The Morgan fingerprint density at radius 2 is 2.12 bits per heavy atom. The molecule has 0 radical (unpaired) electrons. The molecule has 0 saturated heterocycles. The fourth-order valence-corrected chi connectivity index (χ4v) is 1.27. The molecule has 0 aliphatic carbocycles. The number of alkyl halides is 3. The van der Waals surface area contributed by atoms with Crippen LogP contribution in [0.2, 0.25) is 0 Å². The SMILES string of the molecule is O=C(CCl)Cc1cccc(F)c1OC(F)F. The number of hydrogen-bond acceptors (Lipinski definition) is 2. The standard InChI is InChI=1S/C10H8ClF3O2/c11-5-7(15)4-6-2-1-3-8(12)9(6)16-10(13)14/h1-3,10H,4-5H2. The molecular weight excluding hydrogens is 245 g/mol. The zero-order chi connectivity index (χ0) is 12.1. The van der Waals surface area contributed by atoms with Crippen LogP contribution in [0, 0.1) is 5.82 Å². The molecule has 0 aromatic heterocycles. The molecule has 0 fully saturated rings. The number of carbonyl (C=O) groups excluding carboxylic acids is 1. The molecule has 0 aliphatic heterocycles. The smallest absolute Gasteiger partial charge is 0.387 e. The number of halogens is 4. The highest BCUT2D eigenvalue weighted by atomic mass is 35.5. The van der Waals surface area contributed by atoms with Crippen molar-refractivity contribution in [3.05, 3.63) is 29.6 Å². The van der Waals surface area contributed by atoms with Gasteiger partial charge in [0.2, 0.25) is 0 Å². The molecule has 0 spiro atoms. The van der Waals surface area contributed by atoms with Gasteiger partial charge in [0.25, 0.3) is 0 Å². The number of hydrogen-bond donors (Lipinski definition) is 0. The Kier molecular flexibility index (Phi) is 4.61. The van der Waals surface area contributed by atoms with Crippen molar-refractivity contribution in [2.45, 2.75) is 13.0 Å². The summed E-state index contributed by atoms with van der Waals surface area (Å²) in [5.41, 5.74) is 0.0611. The number of benzene rings is 1. The van der Waals surface area contributed by atoms with Crippen LogP contribution in [-0.2, 0) is 11.2 Å². The number of Topliss-reactive ketones (excluding diaryl/α,β-unsaturated/α-hetero) is 1. The van der Waals surface area contributed by atoms with Gasteiger partial charge in [0.1, 0.15) is 0 Å². The van der Waals surface area contributed by atoms with Crippen LogP contribution in [-0.4, -0.2) is 18.3 Å². The quantitative estimate of drug-likeness (QED) is 0.753. The number of para-hydroxylation sites is 1. The van der Waals surface area contributed by atoms with Gasteiger partial charge in [-0.3, -0.25) is 4.79 Å². The fraction of sp³-hybridized carbons (Fsp3) is 0.300. The van der Waals surface area contributed by atoms with E-state index in [0.717, 1.165) is 6.07 Å². The van der Waals surface area contributed by atoms with E-state index in [1.165, 1.54) is 12.1 Å². The zero-order valence-corrected chi connectivity index (χ0v) is 8.81. The molecule has 2 nitrogen and oxygen atoms in total. The summed E-state index contributed by atoms with van der Waals surface area (Å²) in [6, 6.07) is 3.63. The number of ketones is 1. The maximum atomic E-state index is 13.2. The maximum Gasteiger partial charge on any atom is 0.387 e. The molecule has 0 heterocycles. The Labute approximate surface area is 95.0 Å². The van der Waals surface area contributed by atoms with E-state index >= 15 is 0 Å². The Bertz CT molecular complexity index is 382. The Morgan fingerprint density at radius 1 is 1.44 bits per heavy atom. The van der Waals surface area contributed by atoms with Gasteiger partial charge in [0.15, 0.2) is 17.3 Å². The second kappa shape index (κ2) is 5.75. The van der Waals surface area contributed by atoms with Crippen molar-refractivity contribution in [1.29, 1.82) is 0 Å². The third-order valence-corrected chi connectivity index (χ3v) is 2.09. The highest BCUT2D eigenvalue weighted by Gasteiger charge is 2.16. The molecule has 16 heavy (non-hydrogen) atoms. The predicted molar refractivity (Wildman–Crippen MR) is 52.5 cm³/mol. The minimum absolute atomic E-state index is 0.0611. The summed E-state index contributed by atoms with van der Waals surface area (Å²) in [4.78, 5) is 11.0. The molecular formula is C10H8ClF3O2. The second-order valence-electron chi connectivity index (χ2n) is 2.96. The summed E-state index contributed by atoms with van der Waals surface area (Å²) in [5.74, 6) is -2.19. The number of carbonyl (C=O) groups is 1. The highest BCUT2D eigenvalue weighted by molar-refractivity contribution is 6.27. The van der Waals surface area contributed by atoms with E-state index in [9.17, 15) is 18.0 Å². The van der Waals surface area contributed by atoms with Gasteiger partial charge in [-0.1, -0.05) is 12.1 Å². The second-order valence-corrected chi connectivity index (χ2v) is 3.22. The van der Waals surface area contributed by atoms with Crippen LogP contribution in [0.4, 0.5) is 13.2 Å². The largest absolute Gasteiger partial charge is 0.431 e. The Hall–Kier alpha value is -1.23. The van der Waals surface area contributed by atoms with Crippen molar-refractivity contribution >= 4 is 17.4 Å². The van der Waals surface area contributed by atoms with Gasteiger partial charge < -0.3 is 4.74 Å². The summed E-state index contributed by atoms with van der Waals surface area (Å²) in [6.07, 6.45) is -0.233. The van der Waals surface area contributed by atoms with E-state index in [1.807, 2.05) is 0 Å². The molecule has 0 aliphatic rings. The van der Waals surface area contributed by atoms with E-state index < -0.39 is 24.0 Å². The molecule has 0 bridgehead atoms. The van der Waals surface area contributed by atoms with Crippen molar-refractivity contribution in [1.82, 2.24) is 0 Å².